The number of hydrogen-bond donors (Lipinski definition) is 2. The molecule has 2 aromatic rings. The van der Waals surface area contributed by atoms with E-state index in [0.717, 1.165) is 17.7 Å². The average Bonchev–Trinajstić information content (AvgIpc) is 2.84. The third kappa shape index (κ3) is 6.02. The number of alkyl carbamates (subject to hydrolysis) is 1. The number of ether oxygens (including phenoxy) is 1. The van der Waals surface area contributed by atoms with Gasteiger partial charge in [-0.25, -0.2) is 4.79 Å². The molecule has 0 fully saturated rings. The van der Waals surface area contributed by atoms with Crippen LogP contribution in [0.2, 0.25) is 0 Å². The Morgan fingerprint density at radius 3 is 2.31 bits per heavy atom. The molecule has 1 aromatic carbocycles. The third-order valence-electron chi connectivity index (χ3n) is 3.70. The van der Waals surface area contributed by atoms with Crippen molar-refractivity contribution in [1.82, 2.24) is 10.3 Å². The molecule has 1 amide bonds. The maximum absolute atomic E-state index is 12.5. The SMILES string of the molecule is CC(C)(Cc1c[nH]c2cc(OS(=O)(=O)C(F)(F)F)ccc12)NC(=O)OC(C)(C)C. The van der Waals surface area contributed by atoms with Crippen molar-refractivity contribution in [3.63, 3.8) is 0 Å². The van der Waals surface area contributed by atoms with Gasteiger partial charge in [0.05, 0.1) is 0 Å². The zero-order chi connectivity index (χ0) is 22.3. The topological polar surface area (TPSA) is 97.5 Å². The van der Waals surface area contributed by atoms with Gasteiger partial charge < -0.3 is 19.2 Å². The lowest BCUT2D eigenvalue weighted by Crippen LogP contribution is -2.47. The number of hydrogen-bond acceptors (Lipinski definition) is 5. The number of carbonyl (C=O) groups excluding carboxylic acids is 1. The number of fused-ring (bicyclic) bond motifs is 1. The largest absolute Gasteiger partial charge is 0.534 e. The second-order valence-corrected chi connectivity index (χ2v) is 9.73. The third-order valence-corrected chi connectivity index (χ3v) is 4.68. The van der Waals surface area contributed by atoms with Gasteiger partial charge in [-0.15, -0.1) is 0 Å². The molecule has 29 heavy (non-hydrogen) atoms. The van der Waals surface area contributed by atoms with Crippen LogP contribution in [0, 0.1) is 0 Å². The van der Waals surface area contributed by atoms with E-state index in [1.165, 1.54) is 6.07 Å². The van der Waals surface area contributed by atoms with Crippen LogP contribution in [0.25, 0.3) is 10.9 Å². The highest BCUT2D eigenvalue weighted by Crippen LogP contribution is 2.30. The summed E-state index contributed by atoms with van der Waals surface area (Å²) in [6, 6.07) is 3.75. The van der Waals surface area contributed by atoms with Gasteiger partial charge in [0, 0.05) is 28.7 Å². The molecule has 0 saturated heterocycles. The molecule has 1 heterocycles. The first-order chi connectivity index (χ1) is 13.0. The molecule has 0 aliphatic rings. The van der Waals surface area contributed by atoms with E-state index in [2.05, 4.69) is 14.5 Å². The van der Waals surface area contributed by atoms with Gasteiger partial charge in [0.15, 0.2) is 0 Å². The van der Waals surface area contributed by atoms with Gasteiger partial charge >= 0.3 is 21.7 Å². The van der Waals surface area contributed by atoms with Crippen molar-refractivity contribution in [2.45, 2.75) is 57.7 Å². The summed E-state index contributed by atoms with van der Waals surface area (Å²) in [5, 5.41) is 3.42. The Bertz CT molecular complexity index is 1000. The molecule has 0 spiro atoms. The Morgan fingerprint density at radius 2 is 1.76 bits per heavy atom. The fourth-order valence-electron chi connectivity index (χ4n) is 2.64. The molecule has 0 radical (unpaired) electrons. The molecule has 1 aromatic heterocycles. The number of halogens is 3. The summed E-state index contributed by atoms with van der Waals surface area (Å²) in [6.07, 6.45) is 1.44. The van der Waals surface area contributed by atoms with Crippen molar-refractivity contribution >= 4 is 27.1 Å². The number of benzene rings is 1. The molecular weight excluding hydrogens is 413 g/mol. The second-order valence-electron chi connectivity index (χ2n) is 8.19. The molecule has 11 heteroatoms. The van der Waals surface area contributed by atoms with E-state index in [9.17, 15) is 26.4 Å². The number of aromatic nitrogens is 1. The van der Waals surface area contributed by atoms with Crippen LogP contribution in [0.3, 0.4) is 0 Å². The van der Waals surface area contributed by atoms with Gasteiger partial charge in [0.1, 0.15) is 11.4 Å². The van der Waals surface area contributed by atoms with Crippen molar-refractivity contribution in [3.8, 4) is 5.75 Å². The number of nitrogens with one attached hydrogen (secondary N) is 2. The summed E-state index contributed by atoms with van der Waals surface area (Å²) in [7, 11) is -5.75. The predicted octanol–water partition coefficient (Wildman–Crippen LogP) is 4.24. The molecule has 0 atom stereocenters. The Labute approximate surface area is 166 Å². The van der Waals surface area contributed by atoms with Crippen molar-refractivity contribution in [1.29, 1.82) is 0 Å². The maximum Gasteiger partial charge on any atom is 0.534 e. The van der Waals surface area contributed by atoms with Crippen molar-refractivity contribution in [3.05, 3.63) is 30.0 Å². The van der Waals surface area contributed by atoms with Crippen LogP contribution in [0.5, 0.6) is 5.75 Å². The van der Waals surface area contributed by atoms with Gasteiger partial charge in [-0.1, -0.05) is 0 Å². The van der Waals surface area contributed by atoms with Crippen LogP contribution < -0.4 is 9.50 Å². The van der Waals surface area contributed by atoms with Gasteiger partial charge in [-0.3, -0.25) is 0 Å². The quantitative estimate of drug-likeness (QED) is 0.540. The number of H-pyrrole nitrogens is 1. The van der Waals surface area contributed by atoms with Gasteiger partial charge in [0.2, 0.25) is 0 Å². The highest BCUT2D eigenvalue weighted by Gasteiger charge is 2.48. The number of amides is 1. The normalized spacial score (nSPS) is 13.4. The van der Waals surface area contributed by atoms with E-state index in [0.29, 0.717) is 17.3 Å². The van der Waals surface area contributed by atoms with Crippen LogP contribution >= 0.6 is 0 Å². The summed E-state index contributed by atoms with van der Waals surface area (Å²) < 4.78 is 69.1. The summed E-state index contributed by atoms with van der Waals surface area (Å²) in [5.41, 5.74) is -5.69. The highest BCUT2D eigenvalue weighted by atomic mass is 32.2. The van der Waals surface area contributed by atoms with Gasteiger partial charge in [0.25, 0.3) is 0 Å². The standard InChI is InChI=1S/C18H23F3N2O5S/c1-16(2,3)27-15(24)23-17(4,5)9-11-10-22-14-8-12(6-7-13(11)14)28-29(25,26)18(19,20)21/h6-8,10,22H,9H2,1-5H3,(H,23,24). The number of carbonyl (C=O) groups is 1. The Morgan fingerprint density at radius 1 is 1.14 bits per heavy atom. The van der Waals surface area contributed by atoms with Crippen LogP contribution in [-0.2, 0) is 21.3 Å². The summed E-state index contributed by atoms with van der Waals surface area (Å²) in [6.45, 7) is 8.83. The lowest BCUT2D eigenvalue weighted by atomic mass is 9.95. The van der Waals surface area contributed by atoms with Crippen molar-refractivity contribution in [2.75, 3.05) is 0 Å². The Balaban J connectivity index is 2.19. The monoisotopic (exact) mass is 436 g/mol. The van der Waals surface area contributed by atoms with Crippen LogP contribution in [-0.4, -0.2) is 36.1 Å². The first-order valence-corrected chi connectivity index (χ1v) is 10.0. The molecule has 2 rings (SSSR count). The first kappa shape index (κ1) is 22.9. The Kier molecular flexibility index (Phi) is 5.86. The minimum Gasteiger partial charge on any atom is -0.444 e. The summed E-state index contributed by atoms with van der Waals surface area (Å²) in [5.74, 6) is -0.464. The van der Waals surface area contributed by atoms with Crippen LogP contribution in [0.4, 0.5) is 18.0 Å². The summed E-state index contributed by atoms with van der Waals surface area (Å²) in [4.78, 5) is 14.9. The lowest BCUT2D eigenvalue weighted by molar-refractivity contribution is -0.0500. The van der Waals surface area contributed by atoms with E-state index in [1.54, 1.807) is 40.8 Å². The van der Waals surface area contributed by atoms with E-state index >= 15 is 0 Å². The maximum atomic E-state index is 12.5. The number of alkyl halides is 3. The van der Waals surface area contributed by atoms with E-state index in [1.807, 2.05) is 0 Å². The fourth-order valence-corrected chi connectivity index (χ4v) is 3.09. The lowest BCUT2D eigenvalue weighted by Gasteiger charge is -2.28. The second kappa shape index (κ2) is 7.43. The summed E-state index contributed by atoms with van der Waals surface area (Å²) >= 11 is 0. The molecular formula is C18H23F3N2O5S. The zero-order valence-corrected chi connectivity index (χ0v) is 17.4. The van der Waals surface area contributed by atoms with Gasteiger partial charge in [-0.05, 0) is 58.7 Å². The molecule has 2 N–H and O–H groups in total. The first-order valence-electron chi connectivity index (χ1n) is 8.61. The zero-order valence-electron chi connectivity index (χ0n) is 16.6. The minimum atomic E-state index is -5.75. The molecule has 0 aliphatic carbocycles. The van der Waals surface area contributed by atoms with Crippen molar-refractivity contribution in [2.24, 2.45) is 0 Å². The van der Waals surface area contributed by atoms with Crippen LogP contribution in [0.15, 0.2) is 24.4 Å². The van der Waals surface area contributed by atoms with Gasteiger partial charge in [-0.2, -0.15) is 21.6 Å². The molecule has 162 valence electrons. The molecule has 0 saturated carbocycles. The smallest absolute Gasteiger partial charge is 0.444 e. The molecule has 0 unspecified atom stereocenters. The molecule has 0 aliphatic heterocycles. The van der Waals surface area contributed by atoms with Crippen molar-refractivity contribution < 1.29 is 35.3 Å². The number of rotatable bonds is 5. The van der Waals surface area contributed by atoms with E-state index in [4.69, 9.17) is 4.74 Å². The molecule has 7 nitrogen and oxygen atoms in total. The minimum absolute atomic E-state index is 0.382. The molecule has 0 bridgehead atoms. The highest BCUT2D eigenvalue weighted by molar-refractivity contribution is 7.88. The number of aromatic amines is 1. The predicted molar refractivity (Wildman–Crippen MR) is 101 cm³/mol. The fraction of sp³-hybridized carbons (Fsp3) is 0.500. The van der Waals surface area contributed by atoms with E-state index in [-0.39, 0.29) is 0 Å². The average molecular weight is 436 g/mol. The Hall–Kier alpha value is -2.43. The van der Waals surface area contributed by atoms with E-state index < -0.39 is 38.6 Å². The van der Waals surface area contributed by atoms with Crippen LogP contribution in [0.1, 0.15) is 40.2 Å².